The van der Waals surface area contributed by atoms with Crippen LogP contribution in [-0.2, 0) is 29.0 Å². The van der Waals surface area contributed by atoms with Crippen LogP contribution in [0.1, 0.15) is 47.6 Å². The van der Waals surface area contributed by atoms with Crippen LogP contribution >= 0.6 is 0 Å². The minimum Gasteiger partial charge on any atom is -0.354 e. The highest BCUT2D eigenvalue weighted by Crippen LogP contribution is 2.18. The zero-order chi connectivity index (χ0) is 25.2. The summed E-state index contributed by atoms with van der Waals surface area (Å²) in [4.78, 5) is 28.8. The largest absolute Gasteiger partial charge is 0.354 e. The van der Waals surface area contributed by atoms with Crippen LogP contribution in [0.4, 0.5) is 4.39 Å². The Kier molecular flexibility index (Phi) is 9.59. The van der Waals surface area contributed by atoms with Crippen LogP contribution in [-0.4, -0.2) is 29.3 Å². The van der Waals surface area contributed by atoms with Crippen molar-refractivity contribution in [2.75, 3.05) is 6.54 Å². The van der Waals surface area contributed by atoms with Crippen molar-refractivity contribution in [3.05, 3.63) is 106 Å². The van der Waals surface area contributed by atoms with E-state index >= 15 is 0 Å². The Morgan fingerprint density at radius 1 is 0.886 bits per heavy atom. The molecule has 35 heavy (non-hydrogen) atoms. The van der Waals surface area contributed by atoms with Crippen LogP contribution in [0, 0.1) is 19.7 Å². The molecule has 1 N–H and O–H groups in total. The lowest BCUT2D eigenvalue weighted by Crippen LogP contribution is -2.51. The average molecular weight is 475 g/mol. The molecule has 0 aliphatic carbocycles. The predicted octanol–water partition coefficient (Wildman–Crippen LogP) is 5.54. The number of carbonyl (C=O) groups excluding carboxylic acids is 2. The van der Waals surface area contributed by atoms with Crippen molar-refractivity contribution in [2.45, 2.75) is 59.0 Å². The summed E-state index contributed by atoms with van der Waals surface area (Å²) in [7, 11) is 0. The lowest BCUT2D eigenvalue weighted by atomic mass is 10.00. The molecule has 0 radical (unpaired) electrons. The molecular weight excluding hydrogens is 439 g/mol. The number of halogens is 1. The molecule has 0 fully saturated rings. The van der Waals surface area contributed by atoms with Crippen LogP contribution in [0.25, 0.3) is 0 Å². The van der Waals surface area contributed by atoms with Crippen LogP contribution in [0.15, 0.2) is 72.8 Å². The zero-order valence-electron chi connectivity index (χ0n) is 20.9. The third-order valence-corrected chi connectivity index (χ3v) is 6.29. The van der Waals surface area contributed by atoms with Crippen LogP contribution < -0.4 is 5.32 Å². The van der Waals surface area contributed by atoms with Gasteiger partial charge in [0.1, 0.15) is 11.9 Å². The van der Waals surface area contributed by atoms with E-state index in [9.17, 15) is 14.0 Å². The Labute approximate surface area is 208 Å². The van der Waals surface area contributed by atoms with Gasteiger partial charge in [-0.1, -0.05) is 74.0 Å². The number of nitrogens with one attached hydrogen (secondary N) is 1. The second kappa shape index (κ2) is 12.8. The maximum absolute atomic E-state index is 13.7. The van der Waals surface area contributed by atoms with Gasteiger partial charge < -0.3 is 10.2 Å². The first-order valence-corrected chi connectivity index (χ1v) is 12.3. The van der Waals surface area contributed by atoms with Crippen LogP contribution in [0.2, 0.25) is 0 Å². The average Bonchev–Trinajstić information content (AvgIpc) is 2.85. The van der Waals surface area contributed by atoms with E-state index in [1.165, 1.54) is 17.7 Å². The van der Waals surface area contributed by atoms with Gasteiger partial charge >= 0.3 is 0 Å². The fraction of sp³-hybridized carbons (Fsp3) is 0.333. The second-order valence-corrected chi connectivity index (χ2v) is 9.09. The molecule has 0 aromatic heterocycles. The standard InChI is InChI=1S/C30H35FN2O2/c1-4-5-17-32-30(35)28(19-24-9-7-6-8-10-24)33(21-25-13-15-27(31)16-14-25)29(34)20-26-12-11-22(2)23(3)18-26/h6-16,18,28H,4-5,17,19-21H2,1-3H3,(H,32,35). The van der Waals surface area contributed by atoms with Gasteiger partial charge in [0.05, 0.1) is 6.42 Å². The van der Waals surface area contributed by atoms with Crippen LogP contribution in [0.3, 0.4) is 0 Å². The van der Waals surface area contributed by atoms with E-state index in [4.69, 9.17) is 0 Å². The van der Waals surface area contributed by atoms with Crippen molar-refractivity contribution < 1.29 is 14.0 Å². The Morgan fingerprint density at radius 3 is 2.23 bits per heavy atom. The first-order chi connectivity index (χ1) is 16.9. The second-order valence-electron chi connectivity index (χ2n) is 9.09. The summed E-state index contributed by atoms with van der Waals surface area (Å²) < 4.78 is 13.5. The highest BCUT2D eigenvalue weighted by atomic mass is 19.1. The lowest BCUT2D eigenvalue weighted by molar-refractivity contribution is -0.140. The number of rotatable bonds is 11. The molecule has 0 spiro atoms. The van der Waals surface area contributed by atoms with E-state index in [1.807, 2.05) is 62.4 Å². The Balaban J connectivity index is 1.94. The maximum atomic E-state index is 13.7. The summed E-state index contributed by atoms with van der Waals surface area (Å²) >= 11 is 0. The van der Waals surface area contributed by atoms with Gasteiger partial charge in [-0.25, -0.2) is 4.39 Å². The van der Waals surface area contributed by atoms with Crippen molar-refractivity contribution in [1.29, 1.82) is 0 Å². The molecule has 4 nitrogen and oxygen atoms in total. The summed E-state index contributed by atoms with van der Waals surface area (Å²) in [5.74, 6) is -0.637. The van der Waals surface area contributed by atoms with Gasteiger partial charge in [-0.2, -0.15) is 0 Å². The molecule has 1 atom stereocenters. The normalized spacial score (nSPS) is 11.7. The van der Waals surface area contributed by atoms with Gasteiger partial charge in [0.15, 0.2) is 0 Å². The molecule has 0 aliphatic rings. The van der Waals surface area contributed by atoms with E-state index < -0.39 is 6.04 Å². The van der Waals surface area contributed by atoms with Crippen LogP contribution in [0.5, 0.6) is 0 Å². The van der Waals surface area contributed by atoms with Gasteiger partial charge in [0.25, 0.3) is 0 Å². The number of carbonyl (C=O) groups is 2. The van der Waals surface area contributed by atoms with Crippen molar-refractivity contribution in [2.24, 2.45) is 0 Å². The molecular formula is C30H35FN2O2. The summed E-state index contributed by atoms with van der Waals surface area (Å²) in [5, 5.41) is 3.02. The third-order valence-electron chi connectivity index (χ3n) is 6.29. The molecule has 0 bridgehead atoms. The molecule has 5 heteroatoms. The molecule has 184 valence electrons. The number of aryl methyl sites for hydroxylation is 2. The molecule has 3 aromatic rings. The quantitative estimate of drug-likeness (QED) is 0.371. The molecule has 2 amide bonds. The summed E-state index contributed by atoms with van der Waals surface area (Å²) in [5.41, 5.74) is 4.96. The zero-order valence-corrected chi connectivity index (χ0v) is 20.9. The minimum absolute atomic E-state index is 0.135. The highest BCUT2D eigenvalue weighted by Gasteiger charge is 2.30. The number of benzene rings is 3. The van der Waals surface area contributed by atoms with E-state index in [1.54, 1.807) is 17.0 Å². The van der Waals surface area contributed by atoms with E-state index in [0.717, 1.165) is 35.1 Å². The van der Waals surface area contributed by atoms with E-state index in [2.05, 4.69) is 12.2 Å². The maximum Gasteiger partial charge on any atom is 0.243 e. The third kappa shape index (κ3) is 7.78. The molecule has 0 aliphatic heterocycles. The molecule has 3 aromatic carbocycles. The van der Waals surface area contributed by atoms with Crippen molar-refractivity contribution in [3.63, 3.8) is 0 Å². The Hall–Kier alpha value is -3.47. The summed E-state index contributed by atoms with van der Waals surface area (Å²) in [6.07, 6.45) is 2.43. The van der Waals surface area contributed by atoms with E-state index in [-0.39, 0.29) is 30.6 Å². The topological polar surface area (TPSA) is 49.4 Å². The Morgan fingerprint density at radius 2 is 1.57 bits per heavy atom. The van der Waals surface area contributed by atoms with Gasteiger partial charge in [0.2, 0.25) is 11.8 Å². The van der Waals surface area contributed by atoms with Gasteiger partial charge in [0, 0.05) is 19.5 Å². The minimum atomic E-state index is -0.682. The molecule has 3 rings (SSSR count). The summed E-state index contributed by atoms with van der Waals surface area (Å²) in [6, 6.07) is 21.2. The summed E-state index contributed by atoms with van der Waals surface area (Å²) in [6.45, 7) is 6.93. The first-order valence-electron chi connectivity index (χ1n) is 12.3. The van der Waals surface area contributed by atoms with Crippen molar-refractivity contribution >= 4 is 11.8 Å². The van der Waals surface area contributed by atoms with Gasteiger partial charge in [-0.05, 0) is 60.2 Å². The lowest BCUT2D eigenvalue weighted by Gasteiger charge is -2.32. The van der Waals surface area contributed by atoms with Gasteiger partial charge in [-0.3, -0.25) is 9.59 Å². The fourth-order valence-corrected chi connectivity index (χ4v) is 4.04. The van der Waals surface area contributed by atoms with Gasteiger partial charge in [-0.15, -0.1) is 0 Å². The number of hydrogen-bond donors (Lipinski definition) is 1. The molecule has 1 unspecified atom stereocenters. The predicted molar refractivity (Wildman–Crippen MR) is 138 cm³/mol. The smallest absolute Gasteiger partial charge is 0.243 e. The molecule has 0 heterocycles. The number of unbranched alkanes of at least 4 members (excludes halogenated alkanes) is 1. The SMILES string of the molecule is CCCCNC(=O)C(Cc1ccccc1)N(Cc1ccc(F)cc1)C(=O)Cc1ccc(C)c(C)c1. The number of hydrogen-bond acceptors (Lipinski definition) is 2. The highest BCUT2D eigenvalue weighted by molar-refractivity contribution is 5.88. The number of amides is 2. The first kappa shape index (κ1) is 26.1. The monoisotopic (exact) mass is 474 g/mol. The van der Waals surface area contributed by atoms with Crippen molar-refractivity contribution in [3.8, 4) is 0 Å². The Bertz CT molecular complexity index is 1110. The molecule has 0 saturated carbocycles. The fourth-order valence-electron chi connectivity index (χ4n) is 4.04. The van der Waals surface area contributed by atoms with E-state index in [0.29, 0.717) is 13.0 Å². The van der Waals surface area contributed by atoms with Crippen molar-refractivity contribution in [1.82, 2.24) is 10.2 Å². The molecule has 0 saturated heterocycles. The number of nitrogens with zero attached hydrogens (tertiary/aromatic N) is 1.